The standard InChI is InChI=1S/C13H11F4NO5/c1-22-9(19)5-8(12(21)23-2)18-7-4-3-6(14)10(11(7)20)13(15,16)17/h3-5,18,20H,1-2H3/b8-5+. The van der Waals surface area contributed by atoms with Crippen LogP contribution in [0.1, 0.15) is 5.56 Å². The lowest BCUT2D eigenvalue weighted by molar-refractivity contribution is -0.141. The predicted molar refractivity (Wildman–Crippen MR) is 68.8 cm³/mol. The summed E-state index contributed by atoms with van der Waals surface area (Å²) in [5.74, 6) is -5.29. The first-order valence-corrected chi connectivity index (χ1v) is 5.85. The number of nitrogens with one attached hydrogen (secondary N) is 1. The van der Waals surface area contributed by atoms with Crippen molar-refractivity contribution in [2.75, 3.05) is 19.5 Å². The van der Waals surface area contributed by atoms with Gasteiger partial charge in [-0.2, -0.15) is 13.2 Å². The van der Waals surface area contributed by atoms with E-state index in [4.69, 9.17) is 0 Å². The summed E-state index contributed by atoms with van der Waals surface area (Å²) in [5.41, 5.74) is -3.18. The Kier molecular flexibility index (Phi) is 5.55. The van der Waals surface area contributed by atoms with Crippen molar-refractivity contribution in [2.24, 2.45) is 0 Å². The van der Waals surface area contributed by atoms with E-state index in [1.807, 2.05) is 0 Å². The average Bonchev–Trinajstić information content (AvgIpc) is 2.46. The molecule has 0 unspecified atom stereocenters. The van der Waals surface area contributed by atoms with E-state index >= 15 is 0 Å². The molecule has 0 radical (unpaired) electrons. The molecule has 23 heavy (non-hydrogen) atoms. The first kappa shape index (κ1) is 18.3. The molecule has 0 amide bonds. The summed E-state index contributed by atoms with van der Waals surface area (Å²) in [5, 5.41) is 11.7. The maximum absolute atomic E-state index is 13.3. The molecule has 6 nitrogen and oxygen atoms in total. The van der Waals surface area contributed by atoms with Crippen molar-refractivity contribution >= 4 is 17.6 Å². The maximum Gasteiger partial charge on any atom is 0.422 e. The molecule has 1 rings (SSSR count). The highest BCUT2D eigenvalue weighted by Gasteiger charge is 2.38. The molecule has 126 valence electrons. The number of halogens is 4. The van der Waals surface area contributed by atoms with Crippen molar-refractivity contribution < 1.29 is 41.7 Å². The summed E-state index contributed by atoms with van der Waals surface area (Å²) >= 11 is 0. The van der Waals surface area contributed by atoms with Crippen LogP contribution in [-0.2, 0) is 25.2 Å². The fourth-order valence-electron chi connectivity index (χ4n) is 1.51. The summed E-state index contributed by atoms with van der Waals surface area (Å²) in [4.78, 5) is 22.6. The number of phenols is 1. The number of methoxy groups -OCH3 is 2. The largest absolute Gasteiger partial charge is 0.505 e. The molecule has 0 atom stereocenters. The van der Waals surface area contributed by atoms with E-state index < -0.39 is 46.6 Å². The van der Waals surface area contributed by atoms with Crippen LogP contribution in [0.4, 0.5) is 23.2 Å². The Bertz CT molecular complexity index is 655. The summed E-state index contributed by atoms with van der Waals surface area (Å²) in [7, 11) is 1.96. The Labute approximate surface area is 127 Å². The molecule has 0 bridgehead atoms. The fraction of sp³-hybridized carbons (Fsp3) is 0.231. The minimum Gasteiger partial charge on any atom is -0.505 e. The summed E-state index contributed by atoms with van der Waals surface area (Å²) in [6.07, 6.45) is -4.56. The third-order valence-corrected chi connectivity index (χ3v) is 2.55. The number of hydrogen-bond donors (Lipinski definition) is 2. The van der Waals surface area contributed by atoms with Gasteiger partial charge in [0, 0.05) is 0 Å². The number of aromatic hydroxyl groups is 1. The van der Waals surface area contributed by atoms with Crippen LogP contribution in [0, 0.1) is 5.82 Å². The van der Waals surface area contributed by atoms with Crippen LogP contribution in [0.25, 0.3) is 0 Å². The molecule has 0 aromatic heterocycles. The summed E-state index contributed by atoms with van der Waals surface area (Å²) in [6, 6.07) is 1.20. The summed E-state index contributed by atoms with van der Waals surface area (Å²) in [6.45, 7) is 0. The van der Waals surface area contributed by atoms with E-state index in [0.717, 1.165) is 20.3 Å². The normalized spacial score (nSPS) is 11.8. The molecule has 0 spiro atoms. The number of anilines is 1. The third kappa shape index (κ3) is 4.34. The van der Waals surface area contributed by atoms with Gasteiger partial charge in [0.1, 0.15) is 17.1 Å². The molecule has 0 fully saturated rings. The molecule has 0 saturated carbocycles. The van der Waals surface area contributed by atoms with E-state index in [-0.39, 0.29) is 0 Å². The zero-order valence-corrected chi connectivity index (χ0v) is 11.8. The zero-order valence-electron chi connectivity index (χ0n) is 11.8. The second kappa shape index (κ2) is 6.99. The van der Waals surface area contributed by atoms with Gasteiger partial charge in [0.05, 0.1) is 26.0 Å². The van der Waals surface area contributed by atoms with E-state index in [1.165, 1.54) is 0 Å². The summed E-state index contributed by atoms with van der Waals surface area (Å²) < 4.78 is 60.0. The molecule has 0 aliphatic heterocycles. The lowest BCUT2D eigenvalue weighted by Gasteiger charge is -2.15. The highest BCUT2D eigenvalue weighted by molar-refractivity contribution is 5.99. The third-order valence-electron chi connectivity index (χ3n) is 2.55. The van der Waals surface area contributed by atoms with Crippen molar-refractivity contribution in [1.82, 2.24) is 0 Å². The number of hydrogen-bond acceptors (Lipinski definition) is 6. The molecule has 1 aromatic rings. The van der Waals surface area contributed by atoms with Crippen LogP contribution in [0.2, 0.25) is 0 Å². The molecule has 0 aliphatic carbocycles. The number of benzene rings is 1. The number of alkyl halides is 3. The first-order valence-electron chi connectivity index (χ1n) is 5.85. The number of ether oxygens (including phenoxy) is 2. The van der Waals surface area contributed by atoms with Gasteiger partial charge in [-0.1, -0.05) is 0 Å². The van der Waals surface area contributed by atoms with Crippen molar-refractivity contribution in [3.05, 3.63) is 35.3 Å². The number of carbonyl (C=O) groups excluding carboxylic acids is 2. The number of rotatable bonds is 4. The first-order chi connectivity index (χ1) is 10.6. The SMILES string of the molecule is COC(=O)/C=C(/Nc1ccc(F)c(C(F)(F)F)c1O)C(=O)OC. The van der Waals surface area contributed by atoms with Crippen LogP contribution in [-0.4, -0.2) is 31.3 Å². The minimum absolute atomic E-state index is 0.442. The number of carbonyl (C=O) groups is 2. The van der Waals surface area contributed by atoms with Gasteiger partial charge in [-0.05, 0) is 12.1 Å². The Morgan fingerprint density at radius 2 is 1.83 bits per heavy atom. The monoisotopic (exact) mass is 337 g/mol. The van der Waals surface area contributed by atoms with Gasteiger partial charge < -0.3 is 19.9 Å². The van der Waals surface area contributed by atoms with Crippen LogP contribution >= 0.6 is 0 Å². The van der Waals surface area contributed by atoms with Crippen LogP contribution in [0.15, 0.2) is 23.9 Å². The maximum atomic E-state index is 13.3. The molecular formula is C13H11F4NO5. The predicted octanol–water partition coefficient (Wildman–Crippen LogP) is 2.19. The van der Waals surface area contributed by atoms with Crippen molar-refractivity contribution in [3.8, 4) is 5.75 Å². The van der Waals surface area contributed by atoms with E-state index in [1.54, 1.807) is 0 Å². The molecule has 2 N–H and O–H groups in total. The molecule has 0 saturated heterocycles. The topological polar surface area (TPSA) is 84.9 Å². The quantitative estimate of drug-likeness (QED) is 0.379. The molecule has 0 aliphatic rings. The Hall–Kier alpha value is -2.78. The van der Waals surface area contributed by atoms with Crippen LogP contribution < -0.4 is 5.32 Å². The Morgan fingerprint density at radius 1 is 1.22 bits per heavy atom. The van der Waals surface area contributed by atoms with E-state index in [9.17, 15) is 32.3 Å². The highest BCUT2D eigenvalue weighted by Crippen LogP contribution is 2.41. The van der Waals surface area contributed by atoms with Gasteiger partial charge in [-0.3, -0.25) is 0 Å². The van der Waals surface area contributed by atoms with Gasteiger partial charge in [-0.25, -0.2) is 14.0 Å². The van der Waals surface area contributed by atoms with E-state index in [2.05, 4.69) is 14.8 Å². The van der Waals surface area contributed by atoms with Crippen molar-refractivity contribution in [3.63, 3.8) is 0 Å². The van der Waals surface area contributed by atoms with Crippen LogP contribution in [0.3, 0.4) is 0 Å². The van der Waals surface area contributed by atoms with Crippen molar-refractivity contribution in [2.45, 2.75) is 6.18 Å². The minimum atomic E-state index is -5.16. The van der Waals surface area contributed by atoms with Gasteiger partial charge >= 0.3 is 18.1 Å². The van der Waals surface area contributed by atoms with Gasteiger partial charge in [0.15, 0.2) is 5.75 Å². The number of phenolic OH excluding ortho intramolecular Hbond substituents is 1. The Balaban J connectivity index is 3.33. The fourth-order valence-corrected chi connectivity index (χ4v) is 1.51. The lowest BCUT2D eigenvalue weighted by Crippen LogP contribution is -2.16. The Morgan fingerprint density at radius 3 is 2.30 bits per heavy atom. The average molecular weight is 337 g/mol. The van der Waals surface area contributed by atoms with E-state index in [0.29, 0.717) is 12.1 Å². The molecular weight excluding hydrogens is 326 g/mol. The second-order valence-electron chi connectivity index (χ2n) is 4.01. The van der Waals surface area contributed by atoms with Crippen molar-refractivity contribution in [1.29, 1.82) is 0 Å². The molecule has 0 heterocycles. The number of esters is 2. The van der Waals surface area contributed by atoms with Gasteiger partial charge in [-0.15, -0.1) is 0 Å². The molecule has 1 aromatic carbocycles. The second-order valence-corrected chi connectivity index (χ2v) is 4.01. The van der Waals surface area contributed by atoms with Crippen LogP contribution in [0.5, 0.6) is 5.75 Å². The highest BCUT2D eigenvalue weighted by atomic mass is 19.4. The van der Waals surface area contributed by atoms with Gasteiger partial charge in [0.2, 0.25) is 0 Å². The zero-order chi connectivity index (χ0) is 17.8. The lowest BCUT2D eigenvalue weighted by atomic mass is 10.1. The smallest absolute Gasteiger partial charge is 0.422 e. The molecule has 10 heteroatoms. The van der Waals surface area contributed by atoms with Gasteiger partial charge in [0.25, 0.3) is 0 Å².